The van der Waals surface area contributed by atoms with Crippen LogP contribution in [0.25, 0.3) is 10.9 Å². The molecular formula is C16H16N2O3. The van der Waals surface area contributed by atoms with Crippen molar-refractivity contribution in [1.29, 1.82) is 0 Å². The van der Waals surface area contributed by atoms with Crippen molar-refractivity contribution in [3.63, 3.8) is 0 Å². The highest BCUT2D eigenvalue weighted by atomic mass is 16.5. The van der Waals surface area contributed by atoms with Crippen LogP contribution >= 0.6 is 0 Å². The van der Waals surface area contributed by atoms with Crippen LogP contribution in [-0.2, 0) is 17.8 Å². The average molecular weight is 284 g/mol. The van der Waals surface area contributed by atoms with Crippen molar-refractivity contribution in [3.8, 4) is 0 Å². The van der Waals surface area contributed by atoms with Gasteiger partial charge in [-0.15, -0.1) is 0 Å². The SMILES string of the molecule is Cc1cc(Cn2cc(CCC(=O)O)c3ccccc32)no1. The van der Waals surface area contributed by atoms with Gasteiger partial charge in [0.05, 0.1) is 6.54 Å². The summed E-state index contributed by atoms with van der Waals surface area (Å²) in [6.07, 6.45) is 2.68. The lowest BCUT2D eigenvalue weighted by Gasteiger charge is -2.01. The molecule has 0 aliphatic carbocycles. The molecule has 5 nitrogen and oxygen atoms in total. The summed E-state index contributed by atoms with van der Waals surface area (Å²) in [6, 6.07) is 9.92. The fourth-order valence-electron chi connectivity index (χ4n) is 2.56. The minimum Gasteiger partial charge on any atom is -0.481 e. The first-order valence-corrected chi connectivity index (χ1v) is 6.84. The number of rotatable bonds is 5. The zero-order valence-electron chi connectivity index (χ0n) is 11.7. The Kier molecular flexibility index (Phi) is 3.48. The summed E-state index contributed by atoms with van der Waals surface area (Å²) in [5, 5.41) is 14.0. The summed E-state index contributed by atoms with van der Waals surface area (Å²) in [5.41, 5.74) is 2.99. The largest absolute Gasteiger partial charge is 0.481 e. The summed E-state index contributed by atoms with van der Waals surface area (Å²) in [5.74, 6) is 0.00604. The van der Waals surface area contributed by atoms with Gasteiger partial charge in [0.25, 0.3) is 0 Å². The second-order valence-corrected chi connectivity index (χ2v) is 5.12. The van der Waals surface area contributed by atoms with E-state index in [1.165, 1.54) is 0 Å². The molecule has 108 valence electrons. The maximum atomic E-state index is 10.8. The van der Waals surface area contributed by atoms with Crippen molar-refractivity contribution in [1.82, 2.24) is 9.72 Å². The molecule has 0 unspecified atom stereocenters. The standard InChI is InChI=1S/C16H16N2O3/c1-11-8-13(17-21-11)10-18-9-12(6-7-16(19)20)14-4-2-3-5-15(14)18/h2-5,8-9H,6-7,10H2,1H3,(H,19,20). The van der Waals surface area contributed by atoms with Crippen molar-refractivity contribution >= 4 is 16.9 Å². The normalized spacial score (nSPS) is 11.1. The van der Waals surface area contributed by atoms with E-state index < -0.39 is 5.97 Å². The molecule has 0 saturated heterocycles. The van der Waals surface area contributed by atoms with Gasteiger partial charge in [0, 0.05) is 29.6 Å². The summed E-state index contributed by atoms with van der Waals surface area (Å²) in [6.45, 7) is 2.48. The molecule has 2 heterocycles. The van der Waals surface area contributed by atoms with Crippen LogP contribution in [0, 0.1) is 6.92 Å². The van der Waals surface area contributed by atoms with E-state index in [1.54, 1.807) is 0 Å². The number of hydrogen-bond acceptors (Lipinski definition) is 3. The van der Waals surface area contributed by atoms with Gasteiger partial charge in [-0.2, -0.15) is 0 Å². The average Bonchev–Trinajstić information content (AvgIpc) is 3.02. The number of carboxylic acids is 1. The van der Waals surface area contributed by atoms with E-state index in [0.717, 1.165) is 27.9 Å². The highest BCUT2D eigenvalue weighted by Gasteiger charge is 2.11. The van der Waals surface area contributed by atoms with Crippen LogP contribution in [0.1, 0.15) is 23.4 Å². The zero-order chi connectivity index (χ0) is 14.8. The van der Waals surface area contributed by atoms with E-state index in [2.05, 4.69) is 9.72 Å². The van der Waals surface area contributed by atoms with E-state index in [1.807, 2.05) is 43.5 Å². The van der Waals surface area contributed by atoms with Gasteiger partial charge in [-0.1, -0.05) is 23.4 Å². The van der Waals surface area contributed by atoms with Crippen molar-refractivity contribution in [3.05, 3.63) is 53.5 Å². The Balaban J connectivity index is 1.96. The monoisotopic (exact) mass is 284 g/mol. The Morgan fingerprint density at radius 2 is 2.19 bits per heavy atom. The Hall–Kier alpha value is -2.56. The zero-order valence-corrected chi connectivity index (χ0v) is 11.7. The number of aryl methyl sites for hydroxylation is 2. The lowest BCUT2D eigenvalue weighted by Crippen LogP contribution is -1.98. The molecule has 0 radical (unpaired) electrons. The highest BCUT2D eigenvalue weighted by Crippen LogP contribution is 2.23. The third-order valence-electron chi connectivity index (χ3n) is 3.49. The number of hydrogen-bond donors (Lipinski definition) is 1. The van der Waals surface area contributed by atoms with Gasteiger partial charge in [0.1, 0.15) is 11.5 Å². The van der Waals surface area contributed by atoms with Gasteiger partial charge in [-0.25, -0.2) is 0 Å². The fraction of sp³-hybridized carbons (Fsp3) is 0.250. The van der Waals surface area contributed by atoms with Gasteiger partial charge in [0.2, 0.25) is 0 Å². The minimum absolute atomic E-state index is 0.136. The quantitative estimate of drug-likeness (QED) is 0.782. The third kappa shape index (κ3) is 2.81. The summed E-state index contributed by atoms with van der Waals surface area (Å²) >= 11 is 0. The number of fused-ring (bicyclic) bond motifs is 1. The van der Waals surface area contributed by atoms with Gasteiger partial charge in [0.15, 0.2) is 0 Å². The molecule has 5 heteroatoms. The smallest absolute Gasteiger partial charge is 0.303 e. The maximum absolute atomic E-state index is 10.8. The van der Waals surface area contributed by atoms with Crippen LogP contribution in [-0.4, -0.2) is 20.8 Å². The Bertz CT molecular complexity index is 786. The highest BCUT2D eigenvalue weighted by molar-refractivity contribution is 5.84. The van der Waals surface area contributed by atoms with Crippen LogP contribution in [0.5, 0.6) is 0 Å². The Labute approximate surface area is 121 Å². The van der Waals surface area contributed by atoms with Gasteiger partial charge < -0.3 is 14.2 Å². The number of para-hydroxylation sites is 1. The van der Waals surface area contributed by atoms with Crippen molar-refractivity contribution in [2.75, 3.05) is 0 Å². The first-order valence-electron chi connectivity index (χ1n) is 6.84. The van der Waals surface area contributed by atoms with Gasteiger partial charge in [-0.05, 0) is 25.0 Å². The van der Waals surface area contributed by atoms with Gasteiger partial charge in [-0.3, -0.25) is 4.79 Å². The molecular weight excluding hydrogens is 268 g/mol. The summed E-state index contributed by atoms with van der Waals surface area (Å²) in [4.78, 5) is 10.8. The van der Waals surface area contributed by atoms with Crippen LogP contribution in [0.15, 0.2) is 41.1 Å². The molecule has 3 aromatic rings. The van der Waals surface area contributed by atoms with E-state index in [4.69, 9.17) is 9.63 Å². The van der Waals surface area contributed by atoms with Crippen LogP contribution in [0.4, 0.5) is 0 Å². The number of aromatic nitrogens is 2. The second-order valence-electron chi connectivity index (χ2n) is 5.12. The first-order chi connectivity index (χ1) is 10.1. The topological polar surface area (TPSA) is 68.3 Å². The molecule has 3 rings (SSSR count). The molecule has 21 heavy (non-hydrogen) atoms. The molecule has 0 spiro atoms. The number of benzene rings is 1. The Morgan fingerprint density at radius 1 is 1.38 bits per heavy atom. The number of carbonyl (C=O) groups is 1. The molecule has 0 atom stereocenters. The second kappa shape index (κ2) is 5.44. The van der Waals surface area contributed by atoms with Crippen LogP contribution in [0.2, 0.25) is 0 Å². The molecule has 0 fully saturated rings. The lowest BCUT2D eigenvalue weighted by molar-refractivity contribution is -0.136. The Morgan fingerprint density at radius 3 is 2.90 bits per heavy atom. The number of nitrogens with zero attached hydrogens (tertiary/aromatic N) is 2. The predicted molar refractivity (Wildman–Crippen MR) is 78.2 cm³/mol. The molecule has 0 aliphatic heterocycles. The van der Waals surface area contributed by atoms with Crippen LogP contribution < -0.4 is 0 Å². The fourth-order valence-corrected chi connectivity index (χ4v) is 2.56. The van der Waals surface area contributed by atoms with Crippen molar-refractivity contribution in [2.24, 2.45) is 0 Å². The molecule has 0 saturated carbocycles. The maximum Gasteiger partial charge on any atom is 0.303 e. The lowest BCUT2D eigenvalue weighted by atomic mass is 10.1. The molecule has 0 bridgehead atoms. The first kappa shape index (κ1) is 13.4. The van der Waals surface area contributed by atoms with E-state index in [9.17, 15) is 4.79 Å². The number of aliphatic carboxylic acids is 1. The molecule has 2 aromatic heterocycles. The van der Waals surface area contributed by atoms with E-state index in [0.29, 0.717) is 13.0 Å². The van der Waals surface area contributed by atoms with E-state index >= 15 is 0 Å². The summed E-state index contributed by atoms with van der Waals surface area (Å²) in [7, 11) is 0. The van der Waals surface area contributed by atoms with Crippen molar-refractivity contribution in [2.45, 2.75) is 26.3 Å². The number of carboxylic acid groups (broad SMARTS) is 1. The van der Waals surface area contributed by atoms with Crippen LogP contribution in [0.3, 0.4) is 0 Å². The summed E-state index contributed by atoms with van der Waals surface area (Å²) < 4.78 is 7.18. The molecule has 1 aromatic carbocycles. The van der Waals surface area contributed by atoms with E-state index in [-0.39, 0.29) is 6.42 Å². The minimum atomic E-state index is -0.779. The molecule has 0 aliphatic rings. The molecule has 1 N–H and O–H groups in total. The third-order valence-corrected chi connectivity index (χ3v) is 3.49. The predicted octanol–water partition coefficient (Wildman–Crippen LogP) is 3.00. The van der Waals surface area contributed by atoms with Crippen molar-refractivity contribution < 1.29 is 14.4 Å². The molecule has 0 amide bonds. The van der Waals surface area contributed by atoms with Gasteiger partial charge >= 0.3 is 5.97 Å².